The minimum atomic E-state index is -0.298. The zero-order valence-corrected chi connectivity index (χ0v) is 18.0. The molecule has 2 heterocycles. The van der Waals surface area contributed by atoms with Crippen molar-refractivity contribution >= 4 is 49.6 Å². The van der Waals surface area contributed by atoms with Crippen LogP contribution in [0, 0.1) is 0 Å². The number of nitrogens with zero attached hydrogens (tertiary/aromatic N) is 3. The molecule has 7 heteroatoms. The molecule has 152 valence electrons. The lowest BCUT2D eigenvalue weighted by molar-refractivity contribution is 0.0939. The lowest BCUT2D eigenvalue weighted by atomic mass is 10.2. The van der Waals surface area contributed by atoms with E-state index in [1.165, 1.54) is 0 Å². The number of anilines is 1. The number of carbonyl (C=O) groups is 1. The molecular formula is C24H18BrN5O. The van der Waals surface area contributed by atoms with Crippen molar-refractivity contribution in [2.24, 2.45) is 0 Å². The van der Waals surface area contributed by atoms with E-state index >= 15 is 0 Å². The third-order valence-electron chi connectivity index (χ3n) is 5.11. The van der Waals surface area contributed by atoms with E-state index in [-0.39, 0.29) is 11.7 Å². The normalized spacial score (nSPS) is 11.1. The fraction of sp³-hybridized carbons (Fsp3) is 0.0417. The van der Waals surface area contributed by atoms with Gasteiger partial charge in [0.05, 0.1) is 11.2 Å². The van der Waals surface area contributed by atoms with Gasteiger partial charge in [-0.1, -0.05) is 64.5 Å². The molecule has 0 bridgehead atoms. The summed E-state index contributed by atoms with van der Waals surface area (Å²) in [6.45, 7) is 0.397. The maximum atomic E-state index is 13.2. The largest absolute Gasteiger partial charge is 0.396 e. The molecule has 0 radical (unpaired) electrons. The topological polar surface area (TPSA) is 85.8 Å². The van der Waals surface area contributed by atoms with Crippen molar-refractivity contribution in [2.45, 2.75) is 6.54 Å². The van der Waals surface area contributed by atoms with Gasteiger partial charge in [-0.2, -0.15) is 0 Å². The average molecular weight is 472 g/mol. The Morgan fingerprint density at radius 2 is 1.65 bits per heavy atom. The third-order valence-corrected chi connectivity index (χ3v) is 5.64. The Morgan fingerprint density at radius 3 is 2.42 bits per heavy atom. The Morgan fingerprint density at radius 1 is 0.935 bits per heavy atom. The number of rotatable bonds is 4. The molecule has 6 nitrogen and oxygen atoms in total. The van der Waals surface area contributed by atoms with Crippen LogP contribution in [-0.4, -0.2) is 20.4 Å². The van der Waals surface area contributed by atoms with E-state index in [1.807, 2.05) is 78.9 Å². The highest BCUT2D eigenvalue weighted by Crippen LogP contribution is 2.30. The third kappa shape index (κ3) is 3.53. The van der Waals surface area contributed by atoms with E-state index in [0.717, 1.165) is 26.6 Å². The Kier molecular flexibility index (Phi) is 4.88. The van der Waals surface area contributed by atoms with Gasteiger partial charge in [0.25, 0.3) is 5.91 Å². The first-order valence-electron chi connectivity index (χ1n) is 9.76. The fourth-order valence-electron chi connectivity index (χ4n) is 3.58. The highest BCUT2D eigenvalue weighted by molar-refractivity contribution is 9.10. The van der Waals surface area contributed by atoms with Crippen molar-refractivity contribution in [1.29, 1.82) is 0 Å². The second kappa shape index (κ2) is 7.85. The lowest BCUT2D eigenvalue weighted by Crippen LogP contribution is -2.26. The van der Waals surface area contributed by atoms with Crippen molar-refractivity contribution in [3.05, 3.63) is 94.7 Å². The van der Waals surface area contributed by atoms with Gasteiger partial charge in [-0.25, -0.2) is 9.97 Å². The molecule has 0 atom stereocenters. The lowest BCUT2D eigenvalue weighted by Gasteiger charge is -2.10. The average Bonchev–Trinajstić information content (AvgIpc) is 3.19. The number of halogens is 1. The quantitative estimate of drug-likeness (QED) is 0.392. The Bertz CT molecular complexity index is 1410. The first kappa shape index (κ1) is 19.3. The SMILES string of the molecule is Nc1c2ccccc2nc2c1nc(C(=O)NCc1ccccc1)n2-c1ccc(Br)cc1. The molecule has 0 aliphatic heterocycles. The Labute approximate surface area is 186 Å². The summed E-state index contributed by atoms with van der Waals surface area (Å²) in [5.74, 6) is -0.0593. The van der Waals surface area contributed by atoms with E-state index in [2.05, 4.69) is 26.2 Å². The van der Waals surface area contributed by atoms with E-state index in [0.29, 0.717) is 23.4 Å². The van der Waals surface area contributed by atoms with Crippen LogP contribution in [0.4, 0.5) is 5.69 Å². The number of nitrogens with two attached hydrogens (primary N) is 1. The predicted octanol–water partition coefficient (Wildman–Crippen LogP) is 4.85. The predicted molar refractivity (Wildman–Crippen MR) is 126 cm³/mol. The Balaban J connectivity index is 1.68. The number of nitrogens with one attached hydrogen (secondary N) is 1. The van der Waals surface area contributed by atoms with Gasteiger partial charge < -0.3 is 11.1 Å². The van der Waals surface area contributed by atoms with Crippen molar-refractivity contribution in [1.82, 2.24) is 19.9 Å². The van der Waals surface area contributed by atoms with Crippen molar-refractivity contribution in [3.8, 4) is 5.69 Å². The van der Waals surface area contributed by atoms with Crippen LogP contribution in [0.3, 0.4) is 0 Å². The van der Waals surface area contributed by atoms with Gasteiger partial charge in [-0.15, -0.1) is 0 Å². The number of imidazole rings is 1. The van der Waals surface area contributed by atoms with Crippen LogP contribution >= 0.6 is 15.9 Å². The van der Waals surface area contributed by atoms with Crippen molar-refractivity contribution in [2.75, 3.05) is 5.73 Å². The summed E-state index contributed by atoms with van der Waals surface area (Å²) in [6, 6.07) is 25.0. The first-order chi connectivity index (χ1) is 15.1. The van der Waals surface area contributed by atoms with Gasteiger partial charge in [-0.05, 0) is 35.9 Å². The van der Waals surface area contributed by atoms with Crippen LogP contribution in [0.2, 0.25) is 0 Å². The molecule has 0 aliphatic rings. The monoisotopic (exact) mass is 471 g/mol. The van der Waals surface area contributed by atoms with Crippen LogP contribution < -0.4 is 11.1 Å². The number of hydrogen-bond acceptors (Lipinski definition) is 4. The number of pyridine rings is 1. The number of aromatic nitrogens is 3. The number of benzene rings is 3. The fourth-order valence-corrected chi connectivity index (χ4v) is 3.84. The van der Waals surface area contributed by atoms with Crippen LogP contribution in [-0.2, 0) is 6.54 Å². The van der Waals surface area contributed by atoms with Crippen LogP contribution in [0.15, 0.2) is 83.3 Å². The Hall–Kier alpha value is -3.71. The highest BCUT2D eigenvalue weighted by Gasteiger charge is 2.22. The molecule has 0 spiro atoms. The van der Waals surface area contributed by atoms with Gasteiger partial charge in [-0.3, -0.25) is 9.36 Å². The van der Waals surface area contributed by atoms with Crippen molar-refractivity contribution < 1.29 is 4.79 Å². The molecule has 2 aromatic heterocycles. The van der Waals surface area contributed by atoms with Crippen LogP contribution in [0.5, 0.6) is 0 Å². The molecule has 31 heavy (non-hydrogen) atoms. The standard InChI is InChI=1S/C24H18BrN5O/c25-16-10-12-17(13-11-16)30-22-21(20(26)18-8-4-5-9-19(18)28-22)29-23(30)24(31)27-14-15-6-2-1-3-7-15/h1-13H,14H2,(H2,26,28)(H,27,31). The second-order valence-corrected chi connectivity index (χ2v) is 8.05. The zero-order valence-electron chi connectivity index (χ0n) is 16.4. The van der Waals surface area contributed by atoms with Crippen LogP contribution in [0.1, 0.15) is 16.2 Å². The number of para-hydroxylation sites is 1. The van der Waals surface area contributed by atoms with Gasteiger partial charge in [0.1, 0.15) is 5.52 Å². The summed E-state index contributed by atoms with van der Waals surface area (Å²) in [6.07, 6.45) is 0. The van der Waals surface area contributed by atoms with Crippen molar-refractivity contribution in [3.63, 3.8) is 0 Å². The molecule has 5 aromatic rings. The molecule has 3 aromatic carbocycles. The molecule has 0 saturated heterocycles. The van der Waals surface area contributed by atoms with Gasteiger partial charge in [0.15, 0.2) is 5.65 Å². The highest BCUT2D eigenvalue weighted by atomic mass is 79.9. The molecule has 0 unspecified atom stereocenters. The molecular weight excluding hydrogens is 454 g/mol. The second-order valence-electron chi connectivity index (χ2n) is 7.13. The van der Waals surface area contributed by atoms with Gasteiger partial charge in [0, 0.05) is 22.1 Å². The van der Waals surface area contributed by atoms with Gasteiger partial charge in [0.2, 0.25) is 5.82 Å². The number of nitrogen functional groups attached to an aromatic ring is 1. The minimum Gasteiger partial charge on any atom is -0.396 e. The maximum Gasteiger partial charge on any atom is 0.288 e. The van der Waals surface area contributed by atoms with Gasteiger partial charge >= 0.3 is 0 Å². The minimum absolute atomic E-state index is 0.239. The van der Waals surface area contributed by atoms with E-state index in [1.54, 1.807) is 4.57 Å². The zero-order chi connectivity index (χ0) is 21.4. The summed E-state index contributed by atoms with van der Waals surface area (Å²) in [4.78, 5) is 22.6. The number of carbonyl (C=O) groups excluding carboxylic acids is 1. The number of fused-ring (bicyclic) bond motifs is 2. The molecule has 0 aliphatic carbocycles. The van der Waals surface area contributed by atoms with E-state index in [9.17, 15) is 4.79 Å². The van der Waals surface area contributed by atoms with E-state index < -0.39 is 0 Å². The summed E-state index contributed by atoms with van der Waals surface area (Å²) in [5, 5.41) is 3.77. The first-order valence-corrected chi connectivity index (χ1v) is 10.6. The maximum absolute atomic E-state index is 13.2. The summed E-state index contributed by atoms with van der Waals surface area (Å²) in [5.41, 5.74) is 10.5. The molecule has 0 saturated carbocycles. The van der Waals surface area contributed by atoms with Crippen LogP contribution in [0.25, 0.3) is 27.8 Å². The molecule has 3 N–H and O–H groups in total. The summed E-state index contributed by atoms with van der Waals surface area (Å²) >= 11 is 3.46. The summed E-state index contributed by atoms with van der Waals surface area (Å²) in [7, 11) is 0. The molecule has 0 fully saturated rings. The number of hydrogen-bond donors (Lipinski definition) is 2. The van der Waals surface area contributed by atoms with E-state index in [4.69, 9.17) is 10.7 Å². The number of amides is 1. The molecule has 5 rings (SSSR count). The summed E-state index contributed by atoms with van der Waals surface area (Å²) < 4.78 is 2.69. The molecule has 1 amide bonds. The smallest absolute Gasteiger partial charge is 0.288 e.